The molecule has 4 nitrogen and oxygen atoms in total. The van der Waals surface area contributed by atoms with Gasteiger partial charge in [-0.15, -0.1) is 0 Å². The highest BCUT2D eigenvalue weighted by Crippen LogP contribution is 2.54. The number of carbonyl (C=O) groups excluding carboxylic acids is 2. The molecule has 0 radical (unpaired) electrons. The van der Waals surface area contributed by atoms with Crippen LogP contribution >= 0.6 is 23.2 Å². The molecule has 2 aromatic rings. The van der Waals surface area contributed by atoms with Crippen molar-refractivity contribution in [2.45, 2.75) is 37.1 Å². The maximum atomic E-state index is 13.5. The molecule has 28 heavy (non-hydrogen) atoms. The van der Waals surface area contributed by atoms with E-state index in [4.69, 9.17) is 23.2 Å². The summed E-state index contributed by atoms with van der Waals surface area (Å²) in [6.07, 6.45) is 0.828. The van der Waals surface area contributed by atoms with Gasteiger partial charge in [0.2, 0.25) is 11.8 Å². The quantitative estimate of drug-likeness (QED) is 0.707. The Labute approximate surface area is 173 Å². The lowest BCUT2D eigenvalue weighted by Crippen LogP contribution is -2.62. The molecule has 0 aromatic heterocycles. The summed E-state index contributed by atoms with van der Waals surface area (Å²) >= 11 is 12.4. The Morgan fingerprint density at radius 1 is 1.18 bits per heavy atom. The molecule has 1 saturated heterocycles. The van der Waals surface area contributed by atoms with E-state index in [-0.39, 0.29) is 24.2 Å². The van der Waals surface area contributed by atoms with E-state index in [1.807, 2.05) is 31.2 Å². The van der Waals surface area contributed by atoms with Gasteiger partial charge in [-0.25, -0.2) is 0 Å². The standard InChI is InChI=1S/C22H20Cl2N2O2/c1-3-12(2)20-22(16-8-7-15(24)10-18(16)25-21(22)28)17(11-19(27)26-20)13-5-4-6-14(23)9-13/h4-10,17,20H,2-3,11H2,1H3,(H,25,28)(H,26,27)/t17-,20+,22-/m1/s1. The van der Waals surface area contributed by atoms with Crippen LogP contribution < -0.4 is 10.6 Å². The van der Waals surface area contributed by atoms with Crippen LogP contribution in [-0.2, 0) is 15.0 Å². The van der Waals surface area contributed by atoms with Crippen LogP contribution in [0.3, 0.4) is 0 Å². The molecule has 6 heteroatoms. The van der Waals surface area contributed by atoms with Crippen molar-refractivity contribution in [3.63, 3.8) is 0 Å². The van der Waals surface area contributed by atoms with E-state index in [9.17, 15) is 9.59 Å². The van der Waals surface area contributed by atoms with E-state index >= 15 is 0 Å². The summed E-state index contributed by atoms with van der Waals surface area (Å²) in [5.41, 5.74) is 2.15. The Morgan fingerprint density at radius 2 is 1.93 bits per heavy atom. The minimum atomic E-state index is -1.01. The van der Waals surface area contributed by atoms with Crippen molar-refractivity contribution in [1.29, 1.82) is 0 Å². The Bertz CT molecular complexity index is 1000. The Hall–Kier alpha value is -2.30. The lowest BCUT2D eigenvalue weighted by molar-refractivity contribution is -0.130. The first-order chi connectivity index (χ1) is 13.4. The molecule has 2 heterocycles. The van der Waals surface area contributed by atoms with Gasteiger partial charge in [-0.1, -0.05) is 60.5 Å². The average molecular weight is 415 g/mol. The molecule has 1 spiro atoms. The third-order valence-electron chi connectivity index (χ3n) is 5.86. The van der Waals surface area contributed by atoms with Crippen LogP contribution in [0.5, 0.6) is 0 Å². The number of nitrogens with one attached hydrogen (secondary N) is 2. The summed E-state index contributed by atoms with van der Waals surface area (Å²) in [5, 5.41) is 7.13. The predicted molar refractivity (Wildman–Crippen MR) is 112 cm³/mol. The molecule has 0 bridgehead atoms. The summed E-state index contributed by atoms with van der Waals surface area (Å²) in [6, 6.07) is 12.3. The summed E-state index contributed by atoms with van der Waals surface area (Å²) in [6.45, 7) is 6.15. The Balaban J connectivity index is 2.01. The maximum absolute atomic E-state index is 13.5. The van der Waals surface area contributed by atoms with E-state index < -0.39 is 11.5 Å². The van der Waals surface area contributed by atoms with Crippen molar-refractivity contribution < 1.29 is 9.59 Å². The van der Waals surface area contributed by atoms with E-state index in [2.05, 4.69) is 17.2 Å². The van der Waals surface area contributed by atoms with Crippen molar-refractivity contribution in [3.05, 3.63) is 75.8 Å². The molecule has 2 N–H and O–H groups in total. The van der Waals surface area contributed by atoms with Gasteiger partial charge in [-0.05, 0) is 41.8 Å². The van der Waals surface area contributed by atoms with Crippen molar-refractivity contribution in [3.8, 4) is 0 Å². The smallest absolute Gasteiger partial charge is 0.238 e. The fourth-order valence-electron chi connectivity index (χ4n) is 4.57. The zero-order valence-corrected chi connectivity index (χ0v) is 16.9. The molecular formula is C22H20Cl2N2O2. The van der Waals surface area contributed by atoms with Gasteiger partial charge in [-0.3, -0.25) is 9.59 Å². The highest BCUT2D eigenvalue weighted by molar-refractivity contribution is 6.31. The largest absolute Gasteiger partial charge is 0.348 e. The topological polar surface area (TPSA) is 58.2 Å². The SMILES string of the molecule is C=C(CC)[C@@H]1NC(=O)C[C@H](c2cccc(Cl)c2)[C@@]12C(=O)Nc1cc(Cl)ccc12. The zero-order chi connectivity index (χ0) is 20.1. The molecule has 1 fully saturated rings. The summed E-state index contributed by atoms with van der Waals surface area (Å²) in [5.74, 6) is -0.643. The lowest BCUT2D eigenvalue weighted by atomic mass is 9.59. The molecule has 144 valence electrons. The van der Waals surface area contributed by atoms with Crippen molar-refractivity contribution >= 4 is 40.7 Å². The van der Waals surface area contributed by atoms with E-state index in [0.29, 0.717) is 22.2 Å². The summed E-state index contributed by atoms with van der Waals surface area (Å²) < 4.78 is 0. The van der Waals surface area contributed by atoms with Gasteiger partial charge in [0.15, 0.2) is 0 Å². The minimum absolute atomic E-state index is 0.106. The number of carbonyl (C=O) groups is 2. The van der Waals surface area contributed by atoms with E-state index in [1.165, 1.54) is 0 Å². The molecule has 2 aliphatic rings. The number of hydrogen-bond acceptors (Lipinski definition) is 2. The van der Waals surface area contributed by atoms with Crippen LogP contribution in [0, 0.1) is 0 Å². The van der Waals surface area contributed by atoms with Crippen LogP contribution in [0.15, 0.2) is 54.6 Å². The van der Waals surface area contributed by atoms with Gasteiger partial charge in [0.05, 0.1) is 6.04 Å². The number of hydrogen-bond donors (Lipinski definition) is 2. The molecule has 0 saturated carbocycles. The van der Waals surface area contributed by atoms with Crippen LogP contribution in [-0.4, -0.2) is 17.9 Å². The molecule has 0 unspecified atom stereocenters. The van der Waals surface area contributed by atoms with Crippen LogP contribution in [0.25, 0.3) is 0 Å². The Kier molecular flexibility index (Phi) is 4.72. The number of anilines is 1. The average Bonchev–Trinajstić information content (AvgIpc) is 2.94. The molecule has 0 aliphatic carbocycles. The minimum Gasteiger partial charge on any atom is -0.348 e. The molecule has 4 rings (SSSR count). The van der Waals surface area contributed by atoms with Gasteiger partial charge in [0.1, 0.15) is 5.41 Å². The van der Waals surface area contributed by atoms with Gasteiger partial charge in [-0.2, -0.15) is 0 Å². The van der Waals surface area contributed by atoms with E-state index in [1.54, 1.807) is 18.2 Å². The second-order valence-corrected chi connectivity index (χ2v) is 8.21. The first-order valence-corrected chi connectivity index (χ1v) is 9.97. The van der Waals surface area contributed by atoms with Crippen LogP contribution in [0.2, 0.25) is 10.0 Å². The molecule has 2 aliphatic heterocycles. The van der Waals surface area contributed by atoms with Crippen molar-refractivity contribution in [2.24, 2.45) is 0 Å². The second kappa shape index (κ2) is 6.94. The number of piperidine rings is 1. The van der Waals surface area contributed by atoms with Crippen LogP contribution in [0.1, 0.15) is 36.8 Å². The molecule has 3 atom stereocenters. The number of halogens is 2. The van der Waals surface area contributed by atoms with Gasteiger partial charge < -0.3 is 10.6 Å². The first kappa shape index (κ1) is 19.0. The van der Waals surface area contributed by atoms with Crippen molar-refractivity contribution in [1.82, 2.24) is 5.32 Å². The lowest BCUT2D eigenvalue weighted by Gasteiger charge is -2.47. The zero-order valence-electron chi connectivity index (χ0n) is 15.4. The summed E-state index contributed by atoms with van der Waals surface area (Å²) in [7, 11) is 0. The Morgan fingerprint density at radius 3 is 2.64 bits per heavy atom. The monoisotopic (exact) mass is 414 g/mol. The number of amides is 2. The fraction of sp³-hybridized carbons (Fsp3) is 0.273. The van der Waals surface area contributed by atoms with Crippen molar-refractivity contribution in [2.75, 3.05) is 5.32 Å². The van der Waals surface area contributed by atoms with Gasteiger partial charge >= 0.3 is 0 Å². The molecule has 2 amide bonds. The third kappa shape index (κ3) is 2.75. The van der Waals surface area contributed by atoms with Crippen LogP contribution in [0.4, 0.5) is 5.69 Å². The first-order valence-electron chi connectivity index (χ1n) is 9.22. The maximum Gasteiger partial charge on any atom is 0.238 e. The van der Waals surface area contributed by atoms with Gasteiger partial charge in [0, 0.05) is 28.1 Å². The number of rotatable bonds is 3. The normalized spacial score (nSPS) is 26.0. The number of fused-ring (bicyclic) bond motifs is 2. The number of benzene rings is 2. The predicted octanol–water partition coefficient (Wildman–Crippen LogP) is 4.82. The third-order valence-corrected chi connectivity index (χ3v) is 6.33. The molecule has 2 aromatic carbocycles. The highest BCUT2D eigenvalue weighted by Gasteiger charge is 2.61. The summed E-state index contributed by atoms with van der Waals surface area (Å²) in [4.78, 5) is 26.2. The van der Waals surface area contributed by atoms with E-state index in [0.717, 1.165) is 16.7 Å². The van der Waals surface area contributed by atoms with Gasteiger partial charge in [0.25, 0.3) is 0 Å². The highest BCUT2D eigenvalue weighted by atomic mass is 35.5. The molecular weight excluding hydrogens is 395 g/mol. The fourth-order valence-corrected chi connectivity index (χ4v) is 4.95. The second-order valence-electron chi connectivity index (χ2n) is 7.34.